The number of thioether (sulfide) groups is 1. The first-order chi connectivity index (χ1) is 11.0. The first kappa shape index (κ1) is 16.0. The summed E-state index contributed by atoms with van der Waals surface area (Å²) < 4.78 is 1.01. The maximum atomic E-state index is 12.4. The second kappa shape index (κ2) is 6.68. The molecule has 1 aliphatic heterocycles. The van der Waals surface area contributed by atoms with Gasteiger partial charge in [-0.05, 0) is 54.6 Å². The molecule has 3 rings (SSSR count). The van der Waals surface area contributed by atoms with Gasteiger partial charge in [0.15, 0.2) is 11.0 Å². The molecule has 1 saturated heterocycles. The normalized spacial score (nSPS) is 18.2. The predicted molar refractivity (Wildman–Crippen MR) is 98.5 cm³/mol. The van der Waals surface area contributed by atoms with Crippen LogP contribution in [0.1, 0.15) is 11.3 Å². The van der Waals surface area contributed by atoms with Crippen molar-refractivity contribution in [2.75, 3.05) is 7.05 Å². The molecule has 0 saturated carbocycles. The highest BCUT2D eigenvalue weighted by molar-refractivity contribution is 9.10. The van der Waals surface area contributed by atoms with Crippen LogP contribution in [0.15, 0.2) is 56.8 Å². The number of aliphatic imine (C=N–C) groups is 1. The Morgan fingerprint density at radius 1 is 1.22 bits per heavy atom. The summed E-state index contributed by atoms with van der Waals surface area (Å²) in [6.45, 7) is 1.92. The van der Waals surface area contributed by atoms with E-state index in [4.69, 9.17) is 0 Å². The molecule has 1 aromatic carbocycles. The van der Waals surface area contributed by atoms with Crippen molar-refractivity contribution >= 4 is 50.7 Å². The highest BCUT2D eigenvalue weighted by atomic mass is 79.9. The number of carbonyl (C=O) groups excluding carboxylic acids is 1. The lowest BCUT2D eigenvalue weighted by Crippen LogP contribution is -2.23. The van der Waals surface area contributed by atoms with Gasteiger partial charge in [-0.2, -0.15) is 0 Å². The van der Waals surface area contributed by atoms with Crippen LogP contribution < -0.4 is 0 Å². The molecule has 0 spiro atoms. The zero-order chi connectivity index (χ0) is 16.4. The predicted octanol–water partition coefficient (Wildman–Crippen LogP) is 4.39. The van der Waals surface area contributed by atoms with Crippen LogP contribution >= 0.6 is 27.7 Å². The molecular weight excluding hydrogens is 374 g/mol. The lowest BCUT2D eigenvalue weighted by Gasteiger charge is -2.06. The minimum Gasteiger partial charge on any atom is -0.289 e. The highest BCUT2D eigenvalue weighted by Crippen LogP contribution is 2.32. The lowest BCUT2D eigenvalue weighted by atomic mass is 10.2. The van der Waals surface area contributed by atoms with Crippen LogP contribution in [0.5, 0.6) is 0 Å². The average Bonchev–Trinajstić information content (AvgIpc) is 2.78. The van der Waals surface area contributed by atoms with Crippen molar-refractivity contribution in [1.82, 2.24) is 9.88 Å². The van der Waals surface area contributed by atoms with Crippen LogP contribution in [0.3, 0.4) is 0 Å². The van der Waals surface area contributed by atoms with Crippen molar-refractivity contribution < 1.29 is 4.79 Å². The van der Waals surface area contributed by atoms with Gasteiger partial charge < -0.3 is 0 Å². The Hall–Kier alpha value is -1.92. The monoisotopic (exact) mass is 387 g/mol. The van der Waals surface area contributed by atoms with Crippen LogP contribution in [0, 0.1) is 6.92 Å². The van der Waals surface area contributed by atoms with Crippen molar-refractivity contribution in [2.24, 2.45) is 4.99 Å². The fraction of sp³-hybridized carbons (Fsp3) is 0.118. The van der Waals surface area contributed by atoms with E-state index in [0.29, 0.717) is 15.9 Å². The van der Waals surface area contributed by atoms with Gasteiger partial charge >= 0.3 is 0 Å². The third-order valence-electron chi connectivity index (χ3n) is 3.26. The summed E-state index contributed by atoms with van der Waals surface area (Å²) in [4.78, 5) is 23.4. The van der Waals surface area contributed by atoms with Gasteiger partial charge in [-0.3, -0.25) is 9.69 Å². The molecule has 1 fully saturated rings. The number of likely N-dealkylation sites (N-methyl/N-ethyl adjacent to an activating group) is 1. The molecule has 23 heavy (non-hydrogen) atoms. The number of nitrogens with zero attached hydrogens (tertiary/aromatic N) is 3. The Labute approximate surface area is 147 Å². The van der Waals surface area contributed by atoms with Gasteiger partial charge in [-0.1, -0.05) is 34.1 Å². The van der Waals surface area contributed by atoms with E-state index in [2.05, 4.69) is 25.9 Å². The van der Waals surface area contributed by atoms with Gasteiger partial charge in [0, 0.05) is 17.2 Å². The molecule has 0 unspecified atom stereocenters. The van der Waals surface area contributed by atoms with Gasteiger partial charge in [-0.25, -0.2) is 9.98 Å². The minimum atomic E-state index is -0.0516. The van der Waals surface area contributed by atoms with Crippen molar-refractivity contribution in [3.05, 3.63) is 63.1 Å². The number of rotatable bonds is 2. The molecule has 0 atom stereocenters. The molecule has 0 radical (unpaired) electrons. The second-order valence-corrected chi connectivity index (χ2v) is 6.98. The van der Waals surface area contributed by atoms with E-state index in [1.807, 2.05) is 55.5 Å². The third kappa shape index (κ3) is 3.71. The number of hydrogen-bond donors (Lipinski definition) is 0. The number of aryl methyl sites for hydroxylation is 1. The number of aromatic nitrogens is 1. The summed E-state index contributed by atoms with van der Waals surface area (Å²) in [6.07, 6.45) is 1.88. The maximum absolute atomic E-state index is 12.4. The topological polar surface area (TPSA) is 45.6 Å². The highest BCUT2D eigenvalue weighted by Gasteiger charge is 2.30. The van der Waals surface area contributed by atoms with E-state index < -0.39 is 0 Å². The molecular formula is C17H14BrN3OS. The smallest absolute Gasteiger partial charge is 0.266 e. The summed E-state index contributed by atoms with van der Waals surface area (Å²) >= 11 is 4.77. The summed E-state index contributed by atoms with van der Waals surface area (Å²) in [5, 5.41) is 0.636. The zero-order valence-electron chi connectivity index (χ0n) is 12.7. The quantitative estimate of drug-likeness (QED) is 0.717. The van der Waals surface area contributed by atoms with Crippen LogP contribution in [0.2, 0.25) is 0 Å². The third-order valence-corrected chi connectivity index (χ3v) is 4.84. The standard InChI is InChI=1S/C17H14BrN3OS/c1-11-4-3-5-15(19-11)20-17-21(2)16(22)14(23-17)10-12-6-8-13(18)9-7-12/h3-10H,1-2H3/b14-10-,20-17+. The number of hydrogen-bond acceptors (Lipinski definition) is 4. The van der Waals surface area contributed by atoms with E-state index in [-0.39, 0.29) is 5.91 Å². The van der Waals surface area contributed by atoms with E-state index in [1.54, 1.807) is 11.9 Å². The van der Waals surface area contributed by atoms with E-state index >= 15 is 0 Å². The van der Waals surface area contributed by atoms with Crippen molar-refractivity contribution in [2.45, 2.75) is 6.92 Å². The zero-order valence-corrected chi connectivity index (χ0v) is 15.1. The second-order valence-electron chi connectivity index (χ2n) is 5.06. The van der Waals surface area contributed by atoms with Gasteiger partial charge in [-0.15, -0.1) is 0 Å². The van der Waals surface area contributed by atoms with E-state index in [0.717, 1.165) is 15.7 Å². The SMILES string of the molecule is Cc1cccc(/N=C2/S/C(=C\c3ccc(Br)cc3)C(=O)N2C)n1. The summed E-state index contributed by atoms with van der Waals surface area (Å²) in [7, 11) is 1.73. The van der Waals surface area contributed by atoms with Crippen LogP contribution in [0.25, 0.3) is 6.08 Å². The summed E-state index contributed by atoms with van der Waals surface area (Å²) in [5.74, 6) is 0.557. The molecule has 1 amide bonds. The fourth-order valence-corrected chi connectivity index (χ4v) is 3.29. The largest absolute Gasteiger partial charge is 0.289 e. The average molecular weight is 388 g/mol. The summed E-state index contributed by atoms with van der Waals surface area (Å²) in [5.41, 5.74) is 1.88. The first-order valence-electron chi connectivity index (χ1n) is 6.98. The number of halogens is 1. The van der Waals surface area contributed by atoms with E-state index in [1.165, 1.54) is 11.8 Å². The van der Waals surface area contributed by atoms with Crippen molar-refractivity contribution in [3.8, 4) is 0 Å². The number of amidine groups is 1. The Bertz CT molecular complexity index is 815. The van der Waals surface area contributed by atoms with E-state index in [9.17, 15) is 4.79 Å². The Kier molecular flexibility index (Phi) is 4.63. The molecule has 0 N–H and O–H groups in total. The molecule has 4 nitrogen and oxygen atoms in total. The van der Waals surface area contributed by atoms with Crippen molar-refractivity contribution in [1.29, 1.82) is 0 Å². The maximum Gasteiger partial charge on any atom is 0.266 e. The molecule has 0 aliphatic carbocycles. The van der Waals surface area contributed by atoms with Gasteiger partial charge in [0.25, 0.3) is 5.91 Å². The minimum absolute atomic E-state index is 0.0516. The first-order valence-corrected chi connectivity index (χ1v) is 8.59. The number of benzene rings is 1. The van der Waals surface area contributed by atoms with Crippen molar-refractivity contribution in [3.63, 3.8) is 0 Å². The van der Waals surface area contributed by atoms with Gasteiger partial charge in [0.1, 0.15) is 0 Å². The molecule has 2 aromatic rings. The molecule has 6 heteroatoms. The van der Waals surface area contributed by atoms with Crippen LogP contribution in [0.4, 0.5) is 5.82 Å². The van der Waals surface area contributed by atoms with Crippen LogP contribution in [-0.4, -0.2) is 28.0 Å². The number of pyridine rings is 1. The summed E-state index contributed by atoms with van der Waals surface area (Å²) in [6, 6.07) is 13.5. The van der Waals surface area contributed by atoms with Crippen LogP contribution in [-0.2, 0) is 4.79 Å². The Morgan fingerprint density at radius 3 is 2.65 bits per heavy atom. The Balaban J connectivity index is 1.89. The number of amides is 1. The molecule has 1 aliphatic rings. The Morgan fingerprint density at radius 2 is 1.96 bits per heavy atom. The molecule has 0 bridgehead atoms. The molecule has 116 valence electrons. The number of carbonyl (C=O) groups is 1. The lowest BCUT2D eigenvalue weighted by molar-refractivity contribution is -0.121. The van der Waals surface area contributed by atoms with Gasteiger partial charge in [0.05, 0.1) is 4.91 Å². The molecule has 1 aromatic heterocycles. The fourth-order valence-electron chi connectivity index (χ4n) is 2.05. The molecule has 2 heterocycles. The van der Waals surface area contributed by atoms with Gasteiger partial charge in [0.2, 0.25) is 0 Å².